The van der Waals surface area contributed by atoms with Crippen LogP contribution in [0, 0.1) is 23.2 Å². The van der Waals surface area contributed by atoms with Gasteiger partial charge in [0, 0.05) is 31.3 Å². The number of carbonyl (C=O) groups excluding carboxylic acids is 2. The normalized spacial score (nSPS) is 27.0. The molecule has 1 saturated heterocycles. The van der Waals surface area contributed by atoms with Gasteiger partial charge in [-0.05, 0) is 56.3 Å². The Labute approximate surface area is 207 Å². The molecule has 5 heteroatoms. The Hall–Kier alpha value is -1.46. The second-order valence-electron chi connectivity index (χ2n) is 10.9. The van der Waals surface area contributed by atoms with Crippen LogP contribution in [-0.2, 0) is 23.8 Å². The molecule has 1 saturated carbocycles. The molecule has 1 unspecified atom stereocenters. The third-order valence-electron chi connectivity index (χ3n) is 7.33. The van der Waals surface area contributed by atoms with Gasteiger partial charge in [-0.3, -0.25) is 9.59 Å². The van der Waals surface area contributed by atoms with E-state index in [1.165, 1.54) is 20.0 Å². The molecular formula is C29H48O5. The van der Waals surface area contributed by atoms with Crippen LogP contribution in [0.1, 0.15) is 98.3 Å². The number of ketones is 1. The van der Waals surface area contributed by atoms with Crippen LogP contribution in [0.2, 0.25) is 0 Å². The van der Waals surface area contributed by atoms with Crippen molar-refractivity contribution in [3.63, 3.8) is 0 Å². The summed E-state index contributed by atoms with van der Waals surface area (Å²) < 4.78 is 17.2. The average Bonchev–Trinajstić information content (AvgIpc) is 3.10. The second-order valence-corrected chi connectivity index (χ2v) is 10.9. The lowest BCUT2D eigenvalue weighted by atomic mass is 9.81. The van der Waals surface area contributed by atoms with Crippen molar-refractivity contribution in [1.29, 1.82) is 0 Å². The summed E-state index contributed by atoms with van der Waals surface area (Å²) in [6.45, 7) is 9.73. The minimum absolute atomic E-state index is 0.0381. The summed E-state index contributed by atoms with van der Waals surface area (Å²) >= 11 is 0. The van der Waals surface area contributed by atoms with E-state index in [9.17, 15) is 9.59 Å². The van der Waals surface area contributed by atoms with Crippen molar-refractivity contribution >= 4 is 11.8 Å². The number of unbranched alkanes of at least 4 members (excludes halogenated alkanes) is 2. The van der Waals surface area contributed by atoms with E-state index in [1.54, 1.807) is 0 Å². The van der Waals surface area contributed by atoms with Crippen molar-refractivity contribution in [3.8, 4) is 0 Å². The van der Waals surface area contributed by atoms with Crippen LogP contribution in [0.5, 0.6) is 0 Å². The Bertz CT molecular complexity index is 674. The zero-order valence-electron chi connectivity index (χ0n) is 22.2. The van der Waals surface area contributed by atoms with Crippen molar-refractivity contribution in [2.24, 2.45) is 23.2 Å². The van der Waals surface area contributed by atoms with Crippen LogP contribution in [0.25, 0.3) is 0 Å². The van der Waals surface area contributed by atoms with Gasteiger partial charge in [-0.1, -0.05) is 64.8 Å². The first-order chi connectivity index (χ1) is 16.3. The molecule has 1 aliphatic carbocycles. The Morgan fingerprint density at radius 2 is 2.03 bits per heavy atom. The van der Waals surface area contributed by atoms with Crippen LogP contribution in [0.3, 0.4) is 0 Å². The predicted molar refractivity (Wildman–Crippen MR) is 136 cm³/mol. The van der Waals surface area contributed by atoms with E-state index in [4.69, 9.17) is 14.2 Å². The van der Waals surface area contributed by atoms with Gasteiger partial charge in [0.2, 0.25) is 0 Å². The number of ether oxygens (including phenoxy) is 3. The first-order valence-corrected chi connectivity index (χ1v) is 13.5. The van der Waals surface area contributed by atoms with Gasteiger partial charge in [0.1, 0.15) is 5.78 Å². The number of hydrogen-bond acceptors (Lipinski definition) is 5. The van der Waals surface area contributed by atoms with Gasteiger partial charge in [-0.2, -0.15) is 0 Å². The van der Waals surface area contributed by atoms with Crippen molar-refractivity contribution in [1.82, 2.24) is 0 Å². The van der Waals surface area contributed by atoms with Crippen LogP contribution < -0.4 is 0 Å². The summed E-state index contributed by atoms with van der Waals surface area (Å²) in [6, 6.07) is 0. The summed E-state index contributed by atoms with van der Waals surface area (Å²) in [5, 5.41) is 0. The van der Waals surface area contributed by atoms with Gasteiger partial charge >= 0.3 is 5.97 Å². The molecule has 0 bridgehead atoms. The molecule has 0 amide bonds. The summed E-state index contributed by atoms with van der Waals surface area (Å²) in [5.41, 5.74) is 0.103. The lowest BCUT2D eigenvalue weighted by molar-refractivity contribution is -0.192. The molecule has 5 nitrogen and oxygen atoms in total. The highest BCUT2D eigenvalue weighted by Crippen LogP contribution is 2.41. The molecular weight excluding hydrogens is 428 g/mol. The highest BCUT2D eigenvalue weighted by atomic mass is 16.7. The van der Waals surface area contributed by atoms with Gasteiger partial charge in [-0.25, -0.2) is 0 Å². The second kappa shape index (κ2) is 14.8. The van der Waals surface area contributed by atoms with E-state index in [0.717, 1.165) is 51.6 Å². The zero-order valence-corrected chi connectivity index (χ0v) is 22.2. The fraction of sp³-hybridized carbons (Fsp3) is 0.793. The molecule has 0 N–H and O–H groups in total. The first-order valence-electron chi connectivity index (χ1n) is 13.5. The Kier molecular flexibility index (Phi) is 12.5. The average molecular weight is 477 g/mol. The van der Waals surface area contributed by atoms with Crippen molar-refractivity contribution in [3.05, 3.63) is 24.3 Å². The molecule has 0 aromatic rings. The summed E-state index contributed by atoms with van der Waals surface area (Å²) in [7, 11) is 1.42. The monoisotopic (exact) mass is 476 g/mol. The van der Waals surface area contributed by atoms with E-state index < -0.39 is 0 Å². The molecule has 0 spiro atoms. The molecule has 0 aromatic heterocycles. The Morgan fingerprint density at radius 1 is 1.24 bits per heavy atom. The number of Topliss-reactive ketones (excluding diaryl/α,β-unsaturated/α-hetero) is 1. The molecule has 0 aromatic carbocycles. The van der Waals surface area contributed by atoms with Crippen LogP contribution in [-0.4, -0.2) is 37.9 Å². The van der Waals surface area contributed by atoms with Gasteiger partial charge in [0.05, 0.1) is 13.2 Å². The SMILES string of the molecule is CCCCC(C)(C)C=C[C@H](OC1CCCCO1)[C@H]1[C@H](C)CC(=O)[C@@H]1CC=CCCCC(=O)OC. The zero-order chi connectivity index (χ0) is 25.0. The van der Waals surface area contributed by atoms with E-state index in [0.29, 0.717) is 18.6 Å². The number of allylic oxidation sites excluding steroid dienone is 3. The summed E-state index contributed by atoms with van der Waals surface area (Å²) in [5.74, 6) is 0.558. The van der Waals surface area contributed by atoms with Gasteiger partial charge in [-0.15, -0.1) is 0 Å². The number of carbonyl (C=O) groups is 2. The lowest BCUT2D eigenvalue weighted by Gasteiger charge is -2.34. The quantitative estimate of drug-likeness (QED) is 0.157. The van der Waals surface area contributed by atoms with E-state index in [1.807, 2.05) is 0 Å². The van der Waals surface area contributed by atoms with E-state index in [2.05, 4.69) is 52.0 Å². The Morgan fingerprint density at radius 3 is 2.71 bits per heavy atom. The Balaban J connectivity index is 2.10. The molecule has 0 radical (unpaired) electrons. The summed E-state index contributed by atoms with van der Waals surface area (Å²) in [6.07, 6.45) is 18.5. The number of esters is 1. The third kappa shape index (κ3) is 9.65. The van der Waals surface area contributed by atoms with Gasteiger partial charge in [0.15, 0.2) is 6.29 Å². The lowest BCUT2D eigenvalue weighted by Crippen LogP contribution is -2.36. The fourth-order valence-electron chi connectivity index (χ4n) is 5.21. The predicted octanol–water partition coefficient (Wildman–Crippen LogP) is 6.80. The van der Waals surface area contributed by atoms with E-state index >= 15 is 0 Å². The first kappa shape index (κ1) is 28.8. The van der Waals surface area contributed by atoms with Crippen molar-refractivity contribution in [2.75, 3.05) is 13.7 Å². The molecule has 1 aliphatic heterocycles. The van der Waals surface area contributed by atoms with E-state index in [-0.39, 0.29) is 41.5 Å². The molecule has 2 rings (SSSR count). The maximum atomic E-state index is 13.0. The topological polar surface area (TPSA) is 61.8 Å². The van der Waals surface area contributed by atoms with Crippen molar-refractivity contribution in [2.45, 2.75) is 111 Å². The maximum Gasteiger partial charge on any atom is 0.305 e. The molecule has 5 atom stereocenters. The van der Waals surface area contributed by atoms with Crippen LogP contribution in [0.4, 0.5) is 0 Å². The molecule has 2 aliphatic rings. The molecule has 194 valence electrons. The number of methoxy groups -OCH3 is 1. The molecule has 2 fully saturated rings. The van der Waals surface area contributed by atoms with Crippen molar-refractivity contribution < 1.29 is 23.8 Å². The summed E-state index contributed by atoms with van der Waals surface area (Å²) in [4.78, 5) is 24.3. The highest BCUT2D eigenvalue weighted by molar-refractivity contribution is 5.84. The highest BCUT2D eigenvalue weighted by Gasteiger charge is 2.44. The third-order valence-corrected chi connectivity index (χ3v) is 7.33. The van der Waals surface area contributed by atoms with Gasteiger partial charge < -0.3 is 14.2 Å². The molecule has 34 heavy (non-hydrogen) atoms. The van der Waals surface area contributed by atoms with Crippen LogP contribution in [0.15, 0.2) is 24.3 Å². The standard InChI is InChI=1S/C29H48O5/c1-6-7-18-29(3,4)19-17-25(34-27-16-12-13-20-33-27)28-22(2)21-24(30)23(28)14-10-8-9-11-15-26(31)32-5/h8,10,17,19,22-23,25,27-28H,6-7,9,11-16,18,20-21H2,1-5H3/t22-,23+,25+,27?,28+/m1/s1. The van der Waals surface area contributed by atoms with Crippen LogP contribution >= 0.6 is 0 Å². The number of rotatable bonds is 14. The minimum atomic E-state index is -0.181. The minimum Gasteiger partial charge on any atom is -0.469 e. The fourth-order valence-corrected chi connectivity index (χ4v) is 5.21. The van der Waals surface area contributed by atoms with Gasteiger partial charge in [0.25, 0.3) is 0 Å². The maximum absolute atomic E-state index is 13.0. The molecule has 1 heterocycles. The number of hydrogen-bond donors (Lipinski definition) is 0. The largest absolute Gasteiger partial charge is 0.469 e. The smallest absolute Gasteiger partial charge is 0.305 e.